The van der Waals surface area contributed by atoms with Gasteiger partial charge in [-0.25, -0.2) is 15.0 Å². The monoisotopic (exact) mass is 928 g/mol. The van der Waals surface area contributed by atoms with E-state index in [1.807, 2.05) is 123 Å². The van der Waals surface area contributed by atoms with Crippen LogP contribution in [0.4, 0.5) is 5.82 Å². The number of rotatable bonds is 8. The summed E-state index contributed by atoms with van der Waals surface area (Å²) in [5.41, 5.74) is 10.8. The Hall–Kier alpha value is -8.57. The highest BCUT2D eigenvalue weighted by Gasteiger charge is 2.33. The summed E-state index contributed by atoms with van der Waals surface area (Å²) in [6, 6.07) is 60.5. The second kappa shape index (κ2) is 17.3. The van der Waals surface area contributed by atoms with E-state index in [0.717, 1.165) is 85.9 Å². The molecule has 3 aromatic heterocycles. The molecular formula is C59H40N6O2S2. The molecule has 0 atom stereocenters. The van der Waals surface area contributed by atoms with Crippen molar-refractivity contribution in [3.63, 3.8) is 0 Å². The Morgan fingerprint density at radius 1 is 0.507 bits per heavy atom. The number of aromatic amines is 1. The number of amidine groups is 1. The van der Waals surface area contributed by atoms with Gasteiger partial charge in [0.25, 0.3) is 11.8 Å². The zero-order valence-electron chi connectivity index (χ0n) is 37.4. The van der Waals surface area contributed by atoms with Crippen LogP contribution in [0.2, 0.25) is 0 Å². The molecule has 330 valence electrons. The number of allylic oxidation sites excluding steroid dienone is 1. The number of amides is 2. The molecule has 10 heteroatoms. The summed E-state index contributed by atoms with van der Waals surface area (Å²) in [5, 5.41) is 12.2. The lowest BCUT2D eigenvalue weighted by atomic mass is 9.92. The van der Waals surface area contributed by atoms with Crippen LogP contribution in [0, 0.1) is 13.8 Å². The van der Waals surface area contributed by atoms with E-state index in [1.165, 1.54) is 0 Å². The van der Waals surface area contributed by atoms with Crippen molar-refractivity contribution in [3.05, 3.63) is 226 Å². The maximum Gasteiger partial charge on any atom is 0.257 e. The van der Waals surface area contributed by atoms with Crippen LogP contribution in [-0.4, -0.2) is 32.6 Å². The van der Waals surface area contributed by atoms with Crippen molar-refractivity contribution in [3.8, 4) is 21.7 Å². The van der Waals surface area contributed by atoms with E-state index < -0.39 is 0 Å². The van der Waals surface area contributed by atoms with Gasteiger partial charge in [0.1, 0.15) is 21.7 Å². The second-order valence-electron chi connectivity index (χ2n) is 17.0. The third-order valence-corrected chi connectivity index (χ3v) is 14.8. The molecule has 2 amide bonds. The third kappa shape index (κ3) is 7.52. The number of anilines is 1. The molecule has 0 bridgehead atoms. The molecule has 8 nitrogen and oxygen atoms in total. The Morgan fingerprint density at radius 2 is 1.01 bits per heavy atom. The van der Waals surface area contributed by atoms with Gasteiger partial charge in [0.05, 0.1) is 43.0 Å². The van der Waals surface area contributed by atoms with Gasteiger partial charge in [0.2, 0.25) is 0 Å². The topological polar surface area (TPSA) is 112 Å². The lowest BCUT2D eigenvalue weighted by Crippen LogP contribution is -2.31. The molecule has 0 spiro atoms. The van der Waals surface area contributed by atoms with E-state index in [1.54, 1.807) is 22.7 Å². The van der Waals surface area contributed by atoms with Crippen LogP contribution >= 0.6 is 22.7 Å². The van der Waals surface area contributed by atoms with Gasteiger partial charge in [-0.2, -0.15) is 0 Å². The number of nitrogens with one attached hydrogen (secondary N) is 3. The minimum Gasteiger partial charge on any atom is -0.341 e. The predicted molar refractivity (Wildman–Crippen MR) is 286 cm³/mol. The maximum absolute atomic E-state index is 14.5. The first-order valence-electron chi connectivity index (χ1n) is 22.6. The molecule has 0 aliphatic carbocycles. The number of carbonyl (C=O) groups is 2. The number of aliphatic imine (C=N–C) groups is 1. The SMILES string of the molecule is Cc1ccccc1C(=O)NC1=NC(=Cc2[nH]c(NC(=O)c3ccccc3C)c(-c3nc4ccccc4s3)c2-c2cccc3ccccc23)C(c2cccc3ccccc23)=C1c1nc2ccccc2s1. The van der Waals surface area contributed by atoms with Gasteiger partial charge in [0.15, 0.2) is 0 Å². The number of aryl methyl sites for hydroxylation is 2. The number of hydrogen-bond acceptors (Lipinski definition) is 7. The molecule has 0 radical (unpaired) electrons. The Labute approximate surface area is 405 Å². The zero-order valence-corrected chi connectivity index (χ0v) is 39.0. The van der Waals surface area contributed by atoms with E-state index in [4.69, 9.17) is 15.0 Å². The van der Waals surface area contributed by atoms with E-state index in [2.05, 4.69) is 94.5 Å². The number of hydrogen-bond donors (Lipinski definition) is 3. The molecular weight excluding hydrogens is 889 g/mol. The number of H-pyrrole nitrogens is 1. The van der Waals surface area contributed by atoms with Crippen LogP contribution in [0.1, 0.15) is 48.1 Å². The van der Waals surface area contributed by atoms with E-state index >= 15 is 0 Å². The highest BCUT2D eigenvalue weighted by atomic mass is 32.1. The molecule has 3 N–H and O–H groups in total. The number of nitrogens with zero attached hydrogens (tertiary/aromatic N) is 3. The van der Waals surface area contributed by atoms with Crippen LogP contribution in [0.5, 0.6) is 0 Å². The minimum absolute atomic E-state index is 0.255. The molecule has 0 unspecified atom stereocenters. The van der Waals surface area contributed by atoms with Crippen molar-refractivity contribution in [2.24, 2.45) is 4.99 Å². The van der Waals surface area contributed by atoms with Crippen molar-refractivity contribution in [1.82, 2.24) is 20.3 Å². The standard InChI is InChI=1S/C59H40N6O2S2/c1-34-17-3-7-23-38(34)56(66)64-54-52(58-62-44-29-11-13-31-48(44)68-58)50(42-27-15-21-36-19-5-9-25-40(36)42)46(60-54)33-47-51(43-28-16-22-37-20-6-10-26-41(37)43)53(59-63-45-30-12-14-32-49(45)69-59)55(61-47)65-57(67)39-24-8-4-18-35(39)2/h3-33,60H,1-2H3,(H,64,66)(H,61,65,67). The second-order valence-corrected chi connectivity index (χ2v) is 19.0. The molecule has 12 rings (SSSR count). The van der Waals surface area contributed by atoms with Gasteiger partial charge < -0.3 is 15.6 Å². The summed E-state index contributed by atoms with van der Waals surface area (Å²) in [7, 11) is 0. The summed E-state index contributed by atoms with van der Waals surface area (Å²) < 4.78 is 2.03. The maximum atomic E-state index is 14.5. The molecule has 0 fully saturated rings. The molecule has 69 heavy (non-hydrogen) atoms. The lowest BCUT2D eigenvalue weighted by Gasteiger charge is -2.13. The van der Waals surface area contributed by atoms with Crippen molar-refractivity contribution in [1.29, 1.82) is 0 Å². The Kier molecular flexibility index (Phi) is 10.5. The van der Waals surface area contributed by atoms with Crippen LogP contribution in [-0.2, 0) is 0 Å². The number of thiazole rings is 2. The number of para-hydroxylation sites is 2. The van der Waals surface area contributed by atoms with Crippen molar-refractivity contribution in [2.75, 3.05) is 5.32 Å². The van der Waals surface area contributed by atoms with Crippen molar-refractivity contribution >= 4 is 105 Å². The van der Waals surface area contributed by atoms with Crippen molar-refractivity contribution < 1.29 is 9.59 Å². The minimum atomic E-state index is -0.278. The molecule has 0 saturated heterocycles. The largest absolute Gasteiger partial charge is 0.341 e. The van der Waals surface area contributed by atoms with Gasteiger partial charge in [-0.15, -0.1) is 22.7 Å². The highest BCUT2D eigenvalue weighted by molar-refractivity contribution is 7.21. The number of benzene rings is 8. The first kappa shape index (κ1) is 41.8. The molecule has 1 aliphatic heterocycles. The molecule has 11 aromatic rings. The average molecular weight is 929 g/mol. The molecule has 1 aliphatic rings. The van der Waals surface area contributed by atoms with Gasteiger partial charge >= 0.3 is 0 Å². The number of carbonyl (C=O) groups excluding carboxylic acids is 2. The van der Waals surface area contributed by atoms with Crippen LogP contribution in [0.3, 0.4) is 0 Å². The number of aromatic nitrogens is 3. The highest BCUT2D eigenvalue weighted by Crippen LogP contribution is 2.49. The Bertz CT molecular complexity index is 3920. The summed E-state index contributed by atoms with van der Waals surface area (Å²) in [6.07, 6.45) is 2.05. The molecule has 8 aromatic carbocycles. The van der Waals surface area contributed by atoms with Gasteiger partial charge in [-0.05, 0) is 100 Å². The lowest BCUT2D eigenvalue weighted by molar-refractivity contribution is 0.0975. The summed E-state index contributed by atoms with van der Waals surface area (Å²) in [4.78, 5) is 48.6. The van der Waals surface area contributed by atoms with Gasteiger partial charge in [0, 0.05) is 22.3 Å². The fourth-order valence-electron chi connectivity index (χ4n) is 9.36. The van der Waals surface area contributed by atoms with Crippen LogP contribution in [0.25, 0.3) is 80.9 Å². The zero-order chi connectivity index (χ0) is 46.6. The van der Waals surface area contributed by atoms with E-state index in [-0.39, 0.29) is 11.8 Å². The third-order valence-electron chi connectivity index (χ3n) is 12.7. The first-order chi connectivity index (χ1) is 33.9. The Balaban J connectivity index is 1.18. The van der Waals surface area contributed by atoms with Crippen LogP contribution < -0.4 is 10.6 Å². The summed E-state index contributed by atoms with van der Waals surface area (Å²) >= 11 is 3.13. The average Bonchev–Trinajstić information content (AvgIpc) is 4.16. The van der Waals surface area contributed by atoms with Crippen molar-refractivity contribution in [2.45, 2.75) is 13.8 Å². The van der Waals surface area contributed by atoms with Gasteiger partial charge in [-0.1, -0.05) is 146 Å². The van der Waals surface area contributed by atoms with E-state index in [0.29, 0.717) is 44.8 Å². The number of fused-ring (bicyclic) bond motifs is 4. The summed E-state index contributed by atoms with van der Waals surface area (Å²) in [6.45, 7) is 3.87. The fourth-order valence-corrected chi connectivity index (χ4v) is 11.4. The quantitative estimate of drug-likeness (QED) is 0.141. The smallest absolute Gasteiger partial charge is 0.257 e. The Morgan fingerprint density at radius 3 is 1.65 bits per heavy atom. The molecule has 4 heterocycles. The van der Waals surface area contributed by atoms with Gasteiger partial charge in [-0.3, -0.25) is 9.59 Å². The molecule has 0 saturated carbocycles. The predicted octanol–water partition coefficient (Wildman–Crippen LogP) is 14.5. The normalized spacial score (nSPS) is 13.2. The summed E-state index contributed by atoms with van der Waals surface area (Å²) in [5.74, 6) is 0.345. The van der Waals surface area contributed by atoms with Crippen LogP contribution in [0.15, 0.2) is 193 Å². The first-order valence-corrected chi connectivity index (χ1v) is 24.2. The van der Waals surface area contributed by atoms with E-state index in [9.17, 15) is 9.59 Å². The fraction of sp³-hybridized carbons (Fsp3) is 0.0339.